The monoisotopic (exact) mass is 316 g/mol. The van der Waals surface area contributed by atoms with Gasteiger partial charge in [0.2, 0.25) is 5.91 Å². The number of hydrogen-bond acceptors (Lipinski definition) is 3. The van der Waals surface area contributed by atoms with Gasteiger partial charge in [-0.3, -0.25) is 9.59 Å². The smallest absolute Gasteiger partial charge is 0.261 e. The first-order valence-corrected chi connectivity index (χ1v) is 6.89. The van der Waals surface area contributed by atoms with Crippen LogP contribution in [0, 0.1) is 0 Å². The fraction of sp³-hybridized carbons (Fsp3) is 0.385. The molecule has 1 aromatic carbocycles. The summed E-state index contributed by atoms with van der Waals surface area (Å²) in [5.74, 6) is -0.0222. The van der Waals surface area contributed by atoms with Crippen molar-refractivity contribution in [2.45, 2.75) is 13.0 Å². The Balaban J connectivity index is 1.96. The van der Waals surface area contributed by atoms with Gasteiger partial charge < -0.3 is 15.0 Å². The van der Waals surface area contributed by atoms with Crippen molar-refractivity contribution in [2.75, 3.05) is 19.7 Å². The molecule has 1 aliphatic rings. The molecule has 0 spiro atoms. The number of rotatable bonds is 3. The Labute approximate surface area is 126 Å². The number of hydrogen-bond donors (Lipinski definition) is 1. The number of piperazine rings is 1. The molecule has 0 aliphatic carbocycles. The number of nitrogens with one attached hydrogen (secondary N) is 1. The number of benzene rings is 1. The van der Waals surface area contributed by atoms with E-state index in [4.69, 9.17) is 27.9 Å². The fourth-order valence-corrected chi connectivity index (χ4v) is 2.40. The molecule has 0 saturated carbocycles. The van der Waals surface area contributed by atoms with E-state index in [0.717, 1.165) is 0 Å². The zero-order valence-corrected chi connectivity index (χ0v) is 12.4. The lowest BCUT2D eigenvalue weighted by molar-refractivity contribution is -0.143. The largest absolute Gasteiger partial charge is 0.482 e. The standard InChI is InChI=1S/C13H14Cl2N2O3/c1-8-13(19)16-4-5-17(8)12(18)7-20-11-3-2-9(14)6-10(11)15/h2-3,6,8H,4-5,7H2,1H3,(H,16,19). The Morgan fingerprint density at radius 2 is 2.25 bits per heavy atom. The van der Waals surface area contributed by atoms with Gasteiger partial charge in [-0.2, -0.15) is 0 Å². The van der Waals surface area contributed by atoms with E-state index in [9.17, 15) is 9.59 Å². The predicted molar refractivity (Wildman–Crippen MR) is 76.1 cm³/mol. The third-order valence-corrected chi connectivity index (χ3v) is 3.59. The minimum atomic E-state index is -0.486. The number of carbonyl (C=O) groups excluding carboxylic acids is 2. The van der Waals surface area contributed by atoms with Crippen LogP contribution in [0.25, 0.3) is 0 Å². The number of ether oxygens (including phenoxy) is 1. The average molecular weight is 317 g/mol. The molecule has 1 unspecified atom stereocenters. The predicted octanol–water partition coefficient (Wildman–Crippen LogP) is 1.72. The first-order chi connectivity index (χ1) is 9.49. The first kappa shape index (κ1) is 14.9. The number of amides is 2. The van der Waals surface area contributed by atoms with E-state index in [1.807, 2.05) is 0 Å². The summed E-state index contributed by atoms with van der Waals surface area (Å²) in [6.07, 6.45) is 0. The number of halogens is 2. The highest BCUT2D eigenvalue weighted by atomic mass is 35.5. The highest BCUT2D eigenvalue weighted by Crippen LogP contribution is 2.27. The van der Waals surface area contributed by atoms with Crippen LogP contribution in [0.1, 0.15) is 6.92 Å². The van der Waals surface area contributed by atoms with E-state index in [-0.39, 0.29) is 18.4 Å². The van der Waals surface area contributed by atoms with Crippen LogP contribution in [-0.4, -0.2) is 42.5 Å². The minimum absolute atomic E-state index is 0.158. The lowest BCUT2D eigenvalue weighted by atomic mass is 10.2. The van der Waals surface area contributed by atoms with Gasteiger partial charge in [0.1, 0.15) is 11.8 Å². The van der Waals surface area contributed by atoms with Crippen molar-refractivity contribution in [3.05, 3.63) is 28.2 Å². The highest BCUT2D eigenvalue weighted by Gasteiger charge is 2.29. The van der Waals surface area contributed by atoms with Gasteiger partial charge in [0.25, 0.3) is 5.91 Å². The molecular weight excluding hydrogens is 303 g/mol. The van der Waals surface area contributed by atoms with Crippen LogP contribution < -0.4 is 10.1 Å². The molecule has 0 radical (unpaired) electrons. The third-order valence-electron chi connectivity index (χ3n) is 3.06. The Morgan fingerprint density at radius 3 is 2.95 bits per heavy atom. The number of carbonyl (C=O) groups is 2. The first-order valence-electron chi connectivity index (χ1n) is 6.14. The fourth-order valence-electron chi connectivity index (χ4n) is 1.94. The van der Waals surface area contributed by atoms with Crippen LogP contribution in [0.4, 0.5) is 0 Å². The molecule has 5 nitrogen and oxygen atoms in total. The molecule has 20 heavy (non-hydrogen) atoms. The van der Waals surface area contributed by atoms with Gasteiger partial charge in [0.15, 0.2) is 6.61 Å². The summed E-state index contributed by atoms with van der Waals surface area (Å²) in [4.78, 5) is 25.0. The molecular formula is C13H14Cl2N2O3. The van der Waals surface area contributed by atoms with Crippen LogP contribution in [0.3, 0.4) is 0 Å². The van der Waals surface area contributed by atoms with Crippen molar-refractivity contribution >= 4 is 35.0 Å². The van der Waals surface area contributed by atoms with Crippen molar-refractivity contribution in [1.29, 1.82) is 0 Å². The van der Waals surface area contributed by atoms with E-state index < -0.39 is 6.04 Å². The quantitative estimate of drug-likeness (QED) is 0.923. The molecule has 1 saturated heterocycles. The Morgan fingerprint density at radius 1 is 1.50 bits per heavy atom. The lowest BCUT2D eigenvalue weighted by Gasteiger charge is -2.32. The van der Waals surface area contributed by atoms with E-state index in [2.05, 4.69) is 5.32 Å². The second-order valence-corrected chi connectivity index (χ2v) is 5.26. The summed E-state index contributed by atoms with van der Waals surface area (Å²) in [5.41, 5.74) is 0. The molecule has 2 rings (SSSR count). The molecule has 1 aromatic rings. The van der Waals surface area contributed by atoms with E-state index in [0.29, 0.717) is 28.9 Å². The third kappa shape index (κ3) is 3.35. The van der Waals surface area contributed by atoms with Gasteiger partial charge in [-0.15, -0.1) is 0 Å². The van der Waals surface area contributed by atoms with Gasteiger partial charge >= 0.3 is 0 Å². The zero-order chi connectivity index (χ0) is 14.7. The maximum absolute atomic E-state index is 12.1. The Hall–Kier alpha value is -1.46. The van der Waals surface area contributed by atoms with Gasteiger partial charge in [-0.05, 0) is 25.1 Å². The van der Waals surface area contributed by atoms with Gasteiger partial charge in [-0.25, -0.2) is 0 Å². The summed E-state index contributed by atoms with van der Waals surface area (Å²) in [7, 11) is 0. The molecule has 1 aliphatic heterocycles. The topological polar surface area (TPSA) is 58.6 Å². The Bertz CT molecular complexity index is 536. The van der Waals surface area contributed by atoms with Crippen molar-refractivity contribution in [3.63, 3.8) is 0 Å². The summed E-state index contributed by atoms with van der Waals surface area (Å²) in [6.45, 7) is 2.45. The summed E-state index contributed by atoms with van der Waals surface area (Å²) in [5, 5.41) is 3.53. The normalized spacial score (nSPS) is 18.6. The maximum atomic E-state index is 12.1. The summed E-state index contributed by atoms with van der Waals surface area (Å²) < 4.78 is 5.38. The maximum Gasteiger partial charge on any atom is 0.261 e. The van der Waals surface area contributed by atoms with E-state index in [1.54, 1.807) is 25.1 Å². The summed E-state index contributed by atoms with van der Waals surface area (Å²) in [6, 6.07) is 4.29. The van der Waals surface area contributed by atoms with Crippen LogP contribution in [0.15, 0.2) is 18.2 Å². The van der Waals surface area contributed by atoms with Crippen LogP contribution in [0.5, 0.6) is 5.75 Å². The lowest BCUT2D eigenvalue weighted by Crippen LogP contribution is -2.56. The molecule has 108 valence electrons. The second kappa shape index (κ2) is 6.33. The molecule has 2 amide bonds. The van der Waals surface area contributed by atoms with Crippen molar-refractivity contribution in [1.82, 2.24) is 10.2 Å². The van der Waals surface area contributed by atoms with Crippen molar-refractivity contribution in [3.8, 4) is 5.75 Å². The minimum Gasteiger partial charge on any atom is -0.482 e. The second-order valence-electron chi connectivity index (χ2n) is 4.42. The molecule has 7 heteroatoms. The average Bonchev–Trinajstić information content (AvgIpc) is 2.40. The highest BCUT2D eigenvalue weighted by molar-refractivity contribution is 6.35. The Kier molecular flexibility index (Phi) is 4.73. The zero-order valence-electron chi connectivity index (χ0n) is 10.9. The van der Waals surface area contributed by atoms with Gasteiger partial charge in [0, 0.05) is 18.1 Å². The van der Waals surface area contributed by atoms with Crippen molar-refractivity contribution < 1.29 is 14.3 Å². The molecule has 0 bridgehead atoms. The molecule has 1 atom stereocenters. The van der Waals surface area contributed by atoms with Crippen LogP contribution in [0.2, 0.25) is 10.0 Å². The molecule has 1 fully saturated rings. The number of nitrogens with zero attached hydrogens (tertiary/aromatic N) is 1. The van der Waals surface area contributed by atoms with E-state index in [1.165, 1.54) is 4.90 Å². The van der Waals surface area contributed by atoms with Gasteiger partial charge in [0.05, 0.1) is 5.02 Å². The van der Waals surface area contributed by atoms with E-state index >= 15 is 0 Å². The van der Waals surface area contributed by atoms with Crippen molar-refractivity contribution in [2.24, 2.45) is 0 Å². The van der Waals surface area contributed by atoms with Crippen LogP contribution in [-0.2, 0) is 9.59 Å². The van der Waals surface area contributed by atoms with Crippen LogP contribution >= 0.6 is 23.2 Å². The van der Waals surface area contributed by atoms with Gasteiger partial charge in [-0.1, -0.05) is 23.2 Å². The summed E-state index contributed by atoms with van der Waals surface area (Å²) >= 11 is 11.7. The SMILES string of the molecule is CC1C(=O)NCCN1C(=O)COc1ccc(Cl)cc1Cl. The molecule has 1 N–H and O–H groups in total. The molecule has 1 heterocycles. The molecule has 0 aromatic heterocycles.